The molecule has 0 atom stereocenters. The average Bonchev–Trinajstić information content (AvgIpc) is 2.28. The van der Waals surface area contributed by atoms with Gasteiger partial charge in [-0.25, -0.2) is 0 Å². The maximum atomic E-state index is 11.8. The minimum absolute atomic E-state index is 0.00979. The summed E-state index contributed by atoms with van der Waals surface area (Å²) in [6.45, 7) is 6.34. The van der Waals surface area contributed by atoms with Crippen LogP contribution in [0.4, 0.5) is 0 Å². The predicted octanol–water partition coefficient (Wildman–Crippen LogP) is 1.61. The quantitative estimate of drug-likeness (QED) is 0.809. The number of aryl methyl sites for hydroxylation is 1. The molecule has 2 N–H and O–H groups in total. The van der Waals surface area contributed by atoms with Crippen LogP contribution in [0.3, 0.4) is 0 Å². The SMILES string of the molecule is CNC(C)(C)C(=O)NCc1ccc(C)cc1. The van der Waals surface area contributed by atoms with Crippen LogP contribution in [0.5, 0.6) is 0 Å². The van der Waals surface area contributed by atoms with Crippen molar-refractivity contribution < 1.29 is 4.79 Å². The van der Waals surface area contributed by atoms with Crippen LogP contribution in [0, 0.1) is 6.92 Å². The lowest BCUT2D eigenvalue weighted by molar-refractivity contribution is -0.126. The molecule has 1 aromatic rings. The van der Waals surface area contributed by atoms with Gasteiger partial charge in [-0.3, -0.25) is 4.79 Å². The Morgan fingerprint density at radius 1 is 1.25 bits per heavy atom. The Labute approximate surface area is 97.2 Å². The molecule has 88 valence electrons. The van der Waals surface area contributed by atoms with Crippen LogP contribution in [0.1, 0.15) is 25.0 Å². The van der Waals surface area contributed by atoms with Crippen LogP contribution < -0.4 is 10.6 Å². The van der Waals surface area contributed by atoms with E-state index in [-0.39, 0.29) is 5.91 Å². The van der Waals surface area contributed by atoms with Gasteiger partial charge in [-0.15, -0.1) is 0 Å². The van der Waals surface area contributed by atoms with Gasteiger partial charge in [0.15, 0.2) is 0 Å². The van der Waals surface area contributed by atoms with Crippen molar-refractivity contribution in [2.75, 3.05) is 7.05 Å². The number of hydrogen-bond donors (Lipinski definition) is 2. The highest BCUT2D eigenvalue weighted by atomic mass is 16.2. The molecule has 0 spiro atoms. The molecule has 1 rings (SSSR count). The molecule has 0 aliphatic carbocycles. The molecule has 0 fully saturated rings. The molecule has 3 heteroatoms. The zero-order valence-electron chi connectivity index (χ0n) is 10.4. The van der Waals surface area contributed by atoms with Crippen molar-refractivity contribution in [2.24, 2.45) is 0 Å². The summed E-state index contributed by atoms with van der Waals surface area (Å²) in [5.41, 5.74) is 1.82. The number of hydrogen-bond acceptors (Lipinski definition) is 2. The topological polar surface area (TPSA) is 41.1 Å². The summed E-state index contributed by atoms with van der Waals surface area (Å²) in [4.78, 5) is 11.8. The second-order valence-electron chi connectivity index (χ2n) is 4.54. The number of benzene rings is 1. The Kier molecular flexibility index (Phi) is 4.07. The third-order valence-corrected chi connectivity index (χ3v) is 2.77. The highest BCUT2D eigenvalue weighted by Crippen LogP contribution is 2.04. The van der Waals surface area contributed by atoms with Crippen molar-refractivity contribution in [3.05, 3.63) is 35.4 Å². The largest absolute Gasteiger partial charge is 0.350 e. The molecule has 0 bridgehead atoms. The monoisotopic (exact) mass is 220 g/mol. The molecule has 0 aliphatic heterocycles. The van der Waals surface area contributed by atoms with Gasteiger partial charge >= 0.3 is 0 Å². The van der Waals surface area contributed by atoms with E-state index in [1.807, 2.05) is 45.0 Å². The van der Waals surface area contributed by atoms with Crippen molar-refractivity contribution in [3.63, 3.8) is 0 Å². The molecule has 1 aromatic carbocycles. The van der Waals surface area contributed by atoms with E-state index >= 15 is 0 Å². The van der Waals surface area contributed by atoms with Gasteiger partial charge in [0.2, 0.25) is 5.91 Å². The smallest absolute Gasteiger partial charge is 0.239 e. The van der Waals surface area contributed by atoms with Gasteiger partial charge in [-0.05, 0) is 33.4 Å². The Hall–Kier alpha value is -1.35. The molecule has 3 nitrogen and oxygen atoms in total. The number of carbonyl (C=O) groups is 1. The summed E-state index contributed by atoms with van der Waals surface area (Å²) < 4.78 is 0. The Bertz CT molecular complexity index is 355. The molecule has 0 saturated carbocycles. The molecule has 16 heavy (non-hydrogen) atoms. The number of amides is 1. The van der Waals surface area contributed by atoms with E-state index in [2.05, 4.69) is 10.6 Å². The van der Waals surface area contributed by atoms with Gasteiger partial charge in [0.05, 0.1) is 5.54 Å². The summed E-state index contributed by atoms with van der Waals surface area (Å²) >= 11 is 0. The maximum Gasteiger partial charge on any atom is 0.239 e. The Morgan fingerprint density at radius 2 is 1.81 bits per heavy atom. The van der Waals surface area contributed by atoms with Crippen LogP contribution in [0.25, 0.3) is 0 Å². The highest BCUT2D eigenvalue weighted by molar-refractivity contribution is 5.85. The first-order valence-corrected chi connectivity index (χ1v) is 5.48. The standard InChI is InChI=1S/C13H20N2O/c1-10-5-7-11(8-6-10)9-15-12(16)13(2,3)14-4/h5-8,14H,9H2,1-4H3,(H,15,16). The van der Waals surface area contributed by atoms with E-state index in [9.17, 15) is 4.79 Å². The molecule has 1 amide bonds. The molecule has 0 heterocycles. The molecule has 0 saturated heterocycles. The molecular weight excluding hydrogens is 200 g/mol. The second kappa shape index (κ2) is 5.12. The number of likely N-dealkylation sites (N-methyl/N-ethyl adjacent to an activating group) is 1. The minimum Gasteiger partial charge on any atom is -0.350 e. The fraction of sp³-hybridized carbons (Fsp3) is 0.462. The first-order valence-electron chi connectivity index (χ1n) is 5.48. The molecular formula is C13H20N2O. The van der Waals surface area contributed by atoms with Gasteiger partial charge in [-0.1, -0.05) is 29.8 Å². The van der Waals surface area contributed by atoms with Crippen LogP contribution in [0.2, 0.25) is 0 Å². The van der Waals surface area contributed by atoms with E-state index in [0.29, 0.717) is 6.54 Å². The van der Waals surface area contributed by atoms with Crippen molar-refractivity contribution in [3.8, 4) is 0 Å². The molecule has 0 radical (unpaired) electrons. The highest BCUT2D eigenvalue weighted by Gasteiger charge is 2.24. The Morgan fingerprint density at radius 3 is 2.31 bits per heavy atom. The third-order valence-electron chi connectivity index (χ3n) is 2.77. The van der Waals surface area contributed by atoms with E-state index in [1.54, 1.807) is 7.05 Å². The van der Waals surface area contributed by atoms with Crippen molar-refractivity contribution in [2.45, 2.75) is 32.9 Å². The third kappa shape index (κ3) is 3.35. The van der Waals surface area contributed by atoms with Crippen LogP contribution >= 0.6 is 0 Å². The van der Waals surface area contributed by atoms with Crippen LogP contribution in [-0.4, -0.2) is 18.5 Å². The molecule has 0 aliphatic rings. The van der Waals surface area contributed by atoms with Gasteiger partial charge in [0.1, 0.15) is 0 Å². The average molecular weight is 220 g/mol. The van der Waals surface area contributed by atoms with Gasteiger partial charge < -0.3 is 10.6 Å². The summed E-state index contributed by atoms with van der Waals surface area (Å²) in [6.07, 6.45) is 0. The van der Waals surface area contributed by atoms with Crippen LogP contribution in [-0.2, 0) is 11.3 Å². The molecule has 0 aromatic heterocycles. The summed E-state index contributed by atoms with van der Waals surface area (Å²) in [5.74, 6) is 0.00979. The van der Waals surface area contributed by atoms with E-state index in [4.69, 9.17) is 0 Å². The zero-order valence-corrected chi connectivity index (χ0v) is 10.4. The fourth-order valence-electron chi connectivity index (χ4n) is 1.22. The lowest BCUT2D eigenvalue weighted by atomic mass is 10.0. The summed E-state index contributed by atoms with van der Waals surface area (Å²) in [7, 11) is 1.78. The predicted molar refractivity (Wildman–Crippen MR) is 66.2 cm³/mol. The minimum atomic E-state index is -0.523. The van der Waals surface area contributed by atoms with Gasteiger partial charge in [0.25, 0.3) is 0 Å². The van der Waals surface area contributed by atoms with E-state index in [0.717, 1.165) is 5.56 Å². The van der Waals surface area contributed by atoms with Crippen LogP contribution in [0.15, 0.2) is 24.3 Å². The number of nitrogens with one attached hydrogen (secondary N) is 2. The van der Waals surface area contributed by atoms with Crippen molar-refractivity contribution in [1.82, 2.24) is 10.6 Å². The summed E-state index contributed by atoms with van der Waals surface area (Å²) in [6, 6.07) is 8.15. The van der Waals surface area contributed by atoms with E-state index < -0.39 is 5.54 Å². The van der Waals surface area contributed by atoms with Gasteiger partial charge in [0, 0.05) is 6.54 Å². The second-order valence-corrected chi connectivity index (χ2v) is 4.54. The fourth-order valence-corrected chi connectivity index (χ4v) is 1.22. The molecule has 0 unspecified atom stereocenters. The first kappa shape index (κ1) is 12.7. The van der Waals surface area contributed by atoms with E-state index in [1.165, 1.54) is 5.56 Å². The van der Waals surface area contributed by atoms with Crippen molar-refractivity contribution >= 4 is 5.91 Å². The lowest BCUT2D eigenvalue weighted by Crippen LogP contribution is -2.50. The summed E-state index contributed by atoms with van der Waals surface area (Å²) in [5, 5.41) is 5.88. The number of carbonyl (C=O) groups excluding carboxylic acids is 1. The number of rotatable bonds is 4. The van der Waals surface area contributed by atoms with Gasteiger partial charge in [-0.2, -0.15) is 0 Å². The first-order chi connectivity index (χ1) is 7.45. The normalized spacial score (nSPS) is 11.2. The lowest BCUT2D eigenvalue weighted by Gasteiger charge is -2.22. The zero-order chi connectivity index (χ0) is 12.2. The Balaban J connectivity index is 2.52. The van der Waals surface area contributed by atoms with Crippen molar-refractivity contribution in [1.29, 1.82) is 0 Å². The maximum absolute atomic E-state index is 11.8.